The number of nitrogens with one attached hydrogen (secondary N) is 1. The summed E-state index contributed by atoms with van der Waals surface area (Å²) in [4.78, 5) is 31.5. The number of nitrogens with zero attached hydrogens (tertiary/aromatic N) is 3. The molecule has 0 aromatic heterocycles. The Hall–Kier alpha value is -1.96. The largest absolute Gasteiger partial charge is 0.378 e. The van der Waals surface area contributed by atoms with Crippen molar-refractivity contribution >= 4 is 11.8 Å². The molecule has 0 saturated carbocycles. The molecule has 0 spiro atoms. The lowest BCUT2D eigenvalue weighted by Gasteiger charge is -2.38. The Labute approximate surface area is 180 Å². The van der Waals surface area contributed by atoms with Gasteiger partial charge in [0.2, 0.25) is 11.8 Å². The van der Waals surface area contributed by atoms with E-state index in [1.165, 1.54) is 5.56 Å². The molecule has 1 atom stereocenters. The smallest absolute Gasteiger partial charge is 0.223 e. The first kappa shape index (κ1) is 22.7. The molecular weight excluding hydrogens is 380 g/mol. The average molecular weight is 417 g/mol. The molecule has 1 N–H and O–H groups in total. The van der Waals surface area contributed by atoms with E-state index in [1.54, 1.807) is 4.90 Å². The van der Waals surface area contributed by atoms with Crippen molar-refractivity contribution < 1.29 is 14.3 Å². The Morgan fingerprint density at radius 2 is 1.87 bits per heavy atom. The van der Waals surface area contributed by atoms with E-state index in [0.717, 1.165) is 26.2 Å². The third-order valence-electron chi connectivity index (χ3n) is 5.87. The monoisotopic (exact) mass is 416 g/mol. The van der Waals surface area contributed by atoms with E-state index in [9.17, 15) is 9.59 Å². The van der Waals surface area contributed by atoms with Gasteiger partial charge in [-0.05, 0) is 19.4 Å². The molecule has 2 saturated heterocycles. The minimum Gasteiger partial charge on any atom is -0.378 e. The average Bonchev–Trinajstić information content (AvgIpc) is 2.77. The van der Waals surface area contributed by atoms with E-state index < -0.39 is 0 Å². The molecule has 1 aromatic rings. The van der Waals surface area contributed by atoms with Crippen LogP contribution in [0.2, 0.25) is 0 Å². The molecule has 2 aliphatic heterocycles. The summed E-state index contributed by atoms with van der Waals surface area (Å²) >= 11 is 0. The van der Waals surface area contributed by atoms with Gasteiger partial charge in [0.05, 0.1) is 13.2 Å². The fourth-order valence-corrected chi connectivity index (χ4v) is 4.17. The fraction of sp³-hybridized carbons (Fsp3) is 0.652. The van der Waals surface area contributed by atoms with Crippen LogP contribution in [0.3, 0.4) is 0 Å². The highest BCUT2D eigenvalue weighted by Gasteiger charge is 2.26. The van der Waals surface area contributed by atoms with E-state index in [-0.39, 0.29) is 36.7 Å². The van der Waals surface area contributed by atoms with Crippen LogP contribution in [0.15, 0.2) is 30.3 Å². The summed E-state index contributed by atoms with van der Waals surface area (Å²) < 4.78 is 5.30. The van der Waals surface area contributed by atoms with Gasteiger partial charge in [0, 0.05) is 70.7 Å². The van der Waals surface area contributed by atoms with Gasteiger partial charge in [0.15, 0.2) is 0 Å². The number of carbonyl (C=O) groups excluding carboxylic acids is 2. The Morgan fingerprint density at radius 1 is 1.13 bits per heavy atom. The molecule has 0 radical (unpaired) electrons. The number of benzene rings is 1. The van der Waals surface area contributed by atoms with Gasteiger partial charge in [-0.2, -0.15) is 0 Å². The van der Waals surface area contributed by atoms with Crippen molar-refractivity contribution in [1.82, 2.24) is 20.0 Å². The molecule has 3 rings (SSSR count). The van der Waals surface area contributed by atoms with Gasteiger partial charge >= 0.3 is 0 Å². The summed E-state index contributed by atoms with van der Waals surface area (Å²) in [5, 5.41) is 3.57. The molecule has 0 unspecified atom stereocenters. The standard InChI is InChI=1S/C23H36N4O3/c1-19(2)27(23(29)9-8-22(28)26-12-14-30-15-13-26)18-21-17-25(11-10-24-21)16-20-6-4-3-5-7-20/h3-7,19,21,24H,8-18H2,1-2H3/t21-/m0/s1. The number of rotatable bonds is 8. The second-order valence-electron chi connectivity index (χ2n) is 8.50. The number of carbonyl (C=O) groups is 2. The first-order chi connectivity index (χ1) is 14.5. The maximum atomic E-state index is 12.9. The number of ether oxygens (including phenoxy) is 1. The molecule has 166 valence electrons. The first-order valence-corrected chi connectivity index (χ1v) is 11.2. The van der Waals surface area contributed by atoms with Gasteiger partial charge in [-0.3, -0.25) is 14.5 Å². The summed E-state index contributed by atoms with van der Waals surface area (Å²) in [7, 11) is 0. The molecule has 0 aliphatic carbocycles. The SMILES string of the molecule is CC(C)N(C[C@@H]1CN(Cc2ccccc2)CCN1)C(=O)CCC(=O)N1CCOCC1. The van der Waals surface area contributed by atoms with Crippen LogP contribution in [-0.2, 0) is 20.9 Å². The van der Waals surface area contributed by atoms with Crippen LogP contribution in [0, 0.1) is 0 Å². The fourth-order valence-electron chi connectivity index (χ4n) is 4.17. The zero-order valence-electron chi connectivity index (χ0n) is 18.4. The summed E-state index contributed by atoms with van der Waals surface area (Å²) in [6.45, 7) is 11.0. The molecule has 1 aromatic carbocycles. The van der Waals surface area contributed by atoms with E-state index in [4.69, 9.17) is 4.74 Å². The molecule has 30 heavy (non-hydrogen) atoms. The van der Waals surface area contributed by atoms with Gasteiger partial charge in [0.25, 0.3) is 0 Å². The van der Waals surface area contributed by atoms with Gasteiger partial charge in [-0.25, -0.2) is 0 Å². The van der Waals surface area contributed by atoms with Crippen molar-refractivity contribution in [2.45, 2.75) is 45.3 Å². The highest BCUT2D eigenvalue weighted by atomic mass is 16.5. The van der Waals surface area contributed by atoms with Gasteiger partial charge in [-0.15, -0.1) is 0 Å². The maximum Gasteiger partial charge on any atom is 0.223 e. The molecule has 7 nitrogen and oxygen atoms in total. The predicted molar refractivity (Wildman–Crippen MR) is 117 cm³/mol. The Bertz CT molecular complexity index is 676. The predicted octanol–water partition coefficient (Wildman–Crippen LogP) is 1.34. The number of piperazine rings is 1. The number of amides is 2. The summed E-state index contributed by atoms with van der Waals surface area (Å²) in [5.41, 5.74) is 1.32. The Balaban J connectivity index is 1.48. The minimum atomic E-state index is 0.0557. The quantitative estimate of drug-likeness (QED) is 0.693. The normalized spacial score (nSPS) is 20.4. The Kier molecular flexibility index (Phi) is 8.66. The van der Waals surface area contributed by atoms with Crippen LogP contribution < -0.4 is 5.32 Å². The zero-order chi connectivity index (χ0) is 21.3. The van der Waals surface area contributed by atoms with Crippen molar-refractivity contribution in [3.63, 3.8) is 0 Å². The summed E-state index contributed by atoms with van der Waals surface area (Å²) in [5.74, 6) is 0.119. The maximum absolute atomic E-state index is 12.9. The van der Waals surface area contributed by atoms with Crippen LogP contribution in [0.25, 0.3) is 0 Å². The van der Waals surface area contributed by atoms with Crippen molar-refractivity contribution in [3.05, 3.63) is 35.9 Å². The van der Waals surface area contributed by atoms with Crippen molar-refractivity contribution in [2.24, 2.45) is 0 Å². The van der Waals surface area contributed by atoms with E-state index in [2.05, 4.69) is 34.5 Å². The third kappa shape index (κ3) is 6.79. The van der Waals surface area contributed by atoms with Gasteiger partial charge < -0.3 is 19.9 Å². The summed E-state index contributed by atoms with van der Waals surface area (Å²) in [6.07, 6.45) is 0.551. The van der Waals surface area contributed by atoms with Crippen LogP contribution in [0.5, 0.6) is 0 Å². The third-order valence-corrected chi connectivity index (χ3v) is 5.87. The van der Waals surface area contributed by atoms with Crippen molar-refractivity contribution in [1.29, 1.82) is 0 Å². The van der Waals surface area contributed by atoms with E-state index in [0.29, 0.717) is 32.8 Å². The number of hydrogen-bond acceptors (Lipinski definition) is 5. The first-order valence-electron chi connectivity index (χ1n) is 11.2. The molecule has 2 aliphatic rings. The lowest BCUT2D eigenvalue weighted by molar-refractivity contribution is -0.140. The molecule has 2 heterocycles. The lowest BCUT2D eigenvalue weighted by atomic mass is 10.1. The molecule has 0 bridgehead atoms. The van der Waals surface area contributed by atoms with E-state index in [1.807, 2.05) is 24.8 Å². The second kappa shape index (κ2) is 11.4. The number of morpholine rings is 1. The zero-order valence-corrected chi connectivity index (χ0v) is 18.4. The second-order valence-corrected chi connectivity index (χ2v) is 8.50. The van der Waals surface area contributed by atoms with Gasteiger partial charge in [0.1, 0.15) is 0 Å². The van der Waals surface area contributed by atoms with Crippen molar-refractivity contribution in [3.8, 4) is 0 Å². The highest BCUT2D eigenvalue weighted by molar-refractivity contribution is 5.84. The van der Waals surface area contributed by atoms with Crippen LogP contribution >= 0.6 is 0 Å². The van der Waals surface area contributed by atoms with Crippen LogP contribution in [0.4, 0.5) is 0 Å². The minimum absolute atomic E-state index is 0.0557. The molecule has 2 fully saturated rings. The van der Waals surface area contributed by atoms with Crippen molar-refractivity contribution in [2.75, 3.05) is 52.5 Å². The van der Waals surface area contributed by atoms with Crippen LogP contribution in [-0.4, -0.2) is 91.1 Å². The van der Waals surface area contributed by atoms with E-state index >= 15 is 0 Å². The molecule has 2 amide bonds. The van der Waals surface area contributed by atoms with Gasteiger partial charge in [-0.1, -0.05) is 30.3 Å². The summed E-state index contributed by atoms with van der Waals surface area (Å²) in [6, 6.07) is 10.9. The lowest BCUT2D eigenvalue weighted by Crippen LogP contribution is -2.56. The molecule has 7 heteroatoms. The topological polar surface area (TPSA) is 65.1 Å². The Morgan fingerprint density at radius 3 is 2.57 bits per heavy atom. The van der Waals surface area contributed by atoms with Crippen LogP contribution in [0.1, 0.15) is 32.3 Å². The molecular formula is C23H36N4O3. The number of hydrogen-bond donors (Lipinski definition) is 1. The highest BCUT2D eigenvalue weighted by Crippen LogP contribution is 2.12.